The minimum atomic E-state index is -3.52. The molecule has 1 rings (SSSR count). The van der Waals surface area contributed by atoms with Crippen LogP contribution in [0.2, 0.25) is 0 Å². The first kappa shape index (κ1) is 17.1. The van der Waals surface area contributed by atoms with Gasteiger partial charge in [0.2, 0.25) is 10.0 Å². The summed E-state index contributed by atoms with van der Waals surface area (Å²) in [5, 5.41) is 0. The molecule has 6 heteroatoms. The third-order valence-corrected chi connectivity index (χ3v) is 4.47. The Kier molecular flexibility index (Phi) is 5.70. The van der Waals surface area contributed by atoms with Crippen molar-refractivity contribution in [1.29, 1.82) is 0 Å². The molecule has 0 bridgehead atoms. The molecule has 1 aromatic rings. The molecule has 5 nitrogen and oxygen atoms in total. The van der Waals surface area contributed by atoms with Crippen molar-refractivity contribution in [2.75, 3.05) is 27.2 Å². The molecule has 0 fully saturated rings. The first-order chi connectivity index (χ1) is 9.18. The number of hydrogen-bond donors (Lipinski definition) is 2. The first-order valence-electron chi connectivity index (χ1n) is 6.60. The summed E-state index contributed by atoms with van der Waals surface area (Å²) in [6, 6.07) is 6.82. The molecule has 0 saturated carbocycles. The summed E-state index contributed by atoms with van der Waals surface area (Å²) in [5.41, 5.74) is 6.08. The van der Waals surface area contributed by atoms with E-state index >= 15 is 0 Å². The van der Waals surface area contributed by atoms with Crippen LogP contribution in [-0.2, 0) is 16.6 Å². The van der Waals surface area contributed by atoms with Crippen molar-refractivity contribution < 1.29 is 8.42 Å². The molecule has 0 radical (unpaired) electrons. The zero-order valence-electron chi connectivity index (χ0n) is 12.7. The molecule has 114 valence electrons. The SMILES string of the molecule is CN(C)CC(C)(C)CNS(=O)(=O)c1ccccc1CN. The number of nitrogens with one attached hydrogen (secondary N) is 1. The molecular formula is C14H25N3O2S. The van der Waals surface area contributed by atoms with Crippen LogP contribution in [0.25, 0.3) is 0 Å². The van der Waals surface area contributed by atoms with E-state index in [2.05, 4.69) is 4.72 Å². The summed E-state index contributed by atoms with van der Waals surface area (Å²) in [5.74, 6) is 0. The minimum absolute atomic E-state index is 0.145. The molecule has 0 saturated heterocycles. The van der Waals surface area contributed by atoms with Crippen LogP contribution in [0.15, 0.2) is 29.2 Å². The second-order valence-electron chi connectivity index (χ2n) is 6.04. The predicted molar refractivity (Wildman–Crippen MR) is 81.9 cm³/mol. The number of nitrogens with zero attached hydrogens (tertiary/aromatic N) is 1. The molecule has 0 aliphatic carbocycles. The Morgan fingerprint density at radius 3 is 2.40 bits per heavy atom. The van der Waals surface area contributed by atoms with Gasteiger partial charge in [-0.3, -0.25) is 0 Å². The lowest BCUT2D eigenvalue weighted by Gasteiger charge is -2.28. The minimum Gasteiger partial charge on any atom is -0.326 e. The predicted octanol–water partition coefficient (Wildman–Crippen LogP) is 1.01. The zero-order valence-corrected chi connectivity index (χ0v) is 13.5. The van der Waals surface area contributed by atoms with Crippen LogP contribution in [0.5, 0.6) is 0 Å². The van der Waals surface area contributed by atoms with E-state index in [0.29, 0.717) is 12.1 Å². The molecular weight excluding hydrogens is 274 g/mol. The summed E-state index contributed by atoms with van der Waals surface area (Å²) in [7, 11) is 0.424. The topological polar surface area (TPSA) is 75.4 Å². The van der Waals surface area contributed by atoms with Gasteiger partial charge in [0.25, 0.3) is 0 Å². The Hall–Kier alpha value is -0.950. The molecule has 0 spiro atoms. The zero-order chi connectivity index (χ0) is 15.4. The average molecular weight is 299 g/mol. The Morgan fingerprint density at radius 2 is 1.85 bits per heavy atom. The third kappa shape index (κ3) is 4.86. The van der Waals surface area contributed by atoms with Crippen molar-refractivity contribution in [2.45, 2.75) is 25.3 Å². The molecule has 0 heterocycles. The maximum Gasteiger partial charge on any atom is 0.240 e. The number of hydrogen-bond acceptors (Lipinski definition) is 4. The highest BCUT2D eigenvalue weighted by Crippen LogP contribution is 2.18. The molecule has 20 heavy (non-hydrogen) atoms. The standard InChI is InChI=1S/C14H25N3O2S/c1-14(2,11-17(3)4)10-16-20(18,19)13-8-6-5-7-12(13)9-15/h5-8,16H,9-11,15H2,1-4H3. The lowest BCUT2D eigenvalue weighted by Crippen LogP contribution is -2.40. The van der Waals surface area contributed by atoms with E-state index in [1.807, 2.05) is 32.8 Å². The van der Waals surface area contributed by atoms with Crippen molar-refractivity contribution in [3.63, 3.8) is 0 Å². The molecule has 0 aliphatic rings. The van der Waals surface area contributed by atoms with Crippen LogP contribution in [0.4, 0.5) is 0 Å². The smallest absolute Gasteiger partial charge is 0.240 e. The maximum absolute atomic E-state index is 12.4. The van der Waals surface area contributed by atoms with Crippen LogP contribution >= 0.6 is 0 Å². The average Bonchev–Trinajstić information content (AvgIpc) is 2.35. The molecule has 0 aromatic heterocycles. The van der Waals surface area contributed by atoms with Gasteiger partial charge >= 0.3 is 0 Å². The molecule has 0 amide bonds. The van der Waals surface area contributed by atoms with Gasteiger partial charge in [-0.2, -0.15) is 0 Å². The van der Waals surface area contributed by atoms with Gasteiger partial charge in [-0.25, -0.2) is 13.1 Å². The van der Waals surface area contributed by atoms with E-state index < -0.39 is 10.0 Å². The van der Waals surface area contributed by atoms with Crippen molar-refractivity contribution in [1.82, 2.24) is 9.62 Å². The number of sulfonamides is 1. The van der Waals surface area contributed by atoms with Crippen LogP contribution in [0, 0.1) is 5.41 Å². The van der Waals surface area contributed by atoms with Gasteiger partial charge < -0.3 is 10.6 Å². The lowest BCUT2D eigenvalue weighted by atomic mass is 9.93. The second-order valence-corrected chi connectivity index (χ2v) is 7.77. The van der Waals surface area contributed by atoms with Gasteiger partial charge in [0.15, 0.2) is 0 Å². The van der Waals surface area contributed by atoms with Crippen molar-refractivity contribution in [3.05, 3.63) is 29.8 Å². The summed E-state index contributed by atoms with van der Waals surface area (Å²) < 4.78 is 27.4. The Balaban J connectivity index is 2.86. The van der Waals surface area contributed by atoms with Gasteiger partial charge in [-0.15, -0.1) is 0 Å². The summed E-state index contributed by atoms with van der Waals surface area (Å²) in [6.45, 7) is 5.45. The summed E-state index contributed by atoms with van der Waals surface area (Å²) in [4.78, 5) is 2.31. The molecule has 3 N–H and O–H groups in total. The monoisotopic (exact) mass is 299 g/mol. The van der Waals surface area contributed by atoms with Crippen LogP contribution in [0.1, 0.15) is 19.4 Å². The third-order valence-electron chi connectivity index (χ3n) is 2.97. The lowest BCUT2D eigenvalue weighted by molar-refractivity contribution is 0.242. The summed E-state index contributed by atoms with van der Waals surface area (Å²) in [6.07, 6.45) is 0. The largest absolute Gasteiger partial charge is 0.326 e. The van der Waals surface area contributed by atoms with E-state index in [9.17, 15) is 8.42 Å². The normalized spacial score (nSPS) is 12.9. The second kappa shape index (κ2) is 6.67. The van der Waals surface area contributed by atoms with Gasteiger partial charge in [0.05, 0.1) is 4.90 Å². The van der Waals surface area contributed by atoms with Gasteiger partial charge in [0.1, 0.15) is 0 Å². The van der Waals surface area contributed by atoms with Crippen molar-refractivity contribution in [2.24, 2.45) is 11.1 Å². The van der Waals surface area contributed by atoms with E-state index in [4.69, 9.17) is 5.73 Å². The first-order valence-corrected chi connectivity index (χ1v) is 8.09. The highest BCUT2D eigenvalue weighted by molar-refractivity contribution is 7.89. The Bertz CT molecular complexity index is 539. The van der Waals surface area contributed by atoms with Crippen molar-refractivity contribution in [3.8, 4) is 0 Å². The van der Waals surface area contributed by atoms with Crippen molar-refractivity contribution >= 4 is 10.0 Å². The van der Waals surface area contributed by atoms with E-state index in [0.717, 1.165) is 6.54 Å². The van der Waals surface area contributed by atoms with E-state index in [1.54, 1.807) is 24.3 Å². The van der Waals surface area contributed by atoms with E-state index in [-0.39, 0.29) is 16.9 Å². The quantitative estimate of drug-likeness (QED) is 0.788. The number of benzene rings is 1. The fraction of sp³-hybridized carbons (Fsp3) is 0.571. The number of rotatable bonds is 7. The Labute approximate surface area is 122 Å². The van der Waals surface area contributed by atoms with Gasteiger partial charge in [-0.05, 0) is 31.1 Å². The number of nitrogens with two attached hydrogens (primary N) is 1. The van der Waals surface area contributed by atoms with Crippen LogP contribution in [0.3, 0.4) is 0 Å². The van der Waals surface area contributed by atoms with Gasteiger partial charge in [-0.1, -0.05) is 32.0 Å². The Morgan fingerprint density at radius 1 is 1.25 bits per heavy atom. The molecule has 0 atom stereocenters. The molecule has 1 aromatic carbocycles. The highest BCUT2D eigenvalue weighted by Gasteiger charge is 2.24. The fourth-order valence-corrected chi connectivity index (χ4v) is 3.71. The van der Waals surface area contributed by atoms with Gasteiger partial charge in [0, 0.05) is 19.6 Å². The summed E-state index contributed by atoms with van der Waals surface area (Å²) >= 11 is 0. The molecule has 0 aliphatic heterocycles. The van der Waals surface area contributed by atoms with E-state index in [1.165, 1.54) is 0 Å². The highest BCUT2D eigenvalue weighted by atomic mass is 32.2. The van der Waals surface area contributed by atoms with Crippen LogP contribution < -0.4 is 10.5 Å². The van der Waals surface area contributed by atoms with Crippen LogP contribution in [-0.4, -0.2) is 40.5 Å². The maximum atomic E-state index is 12.4. The molecule has 0 unspecified atom stereocenters. The fourth-order valence-electron chi connectivity index (χ4n) is 2.21.